The summed E-state index contributed by atoms with van der Waals surface area (Å²) in [6.07, 6.45) is 3.65. The molecule has 0 spiro atoms. The number of nitrogens with zero attached hydrogens (tertiary/aromatic N) is 1. The first-order valence-electron chi connectivity index (χ1n) is 3.55. The molecule has 0 aromatic rings. The monoisotopic (exact) mass is 148 g/mol. The van der Waals surface area contributed by atoms with Gasteiger partial charge in [0.15, 0.2) is 0 Å². The van der Waals surface area contributed by atoms with Gasteiger partial charge in [-0.05, 0) is 19.3 Å². The van der Waals surface area contributed by atoms with E-state index in [4.69, 9.17) is 0 Å². The summed E-state index contributed by atoms with van der Waals surface area (Å²) in [7, 11) is 0. The Morgan fingerprint density at radius 1 is 1.30 bits per heavy atom. The molecule has 1 aliphatic rings. The van der Waals surface area contributed by atoms with Crippen LogP contribution in [-0.2, 0) is 0 Å². The molecule has 3 heteroatoms. The Hall–Kier alpha value is -0.180. The third kappa shape index (κ3) is 1.90. The Morgan fingerprint density at radius 2 is 1.80 bits per heavy atom. The molecule has 59 valence electrons. The Labute approximate surface area is 60.0 Å². The zero-order valence-electron chi connectivity index (χ0n) is 6.11. The van der Waals surface area contributed by atoms with Gasteiger partial charge in [0.1, 0.15) is 0 Å². The predicted octanol–water partition coefficient (Wildman–Crippen LogP) is 1.90. The van der Waals surface area contributed by atoms with E-state index in [9.17, 15) is 8.78 Å². The second kappa shape index (κ2) is 2.82. The second-order valence-electron chi connectivity index (χ2n) is 2.70. The maximum absolute atomic E-state index is 12.5. The Bertz CT molecular complexity index is 103. The third-order valence-corrected chi connectivity index (χ3v) is 1.76. The minimum absolute atomic E-state index is 0.503. The first-order valence-corrected chi connectivity index (χ1v) is 3.55. The zero-order valence-corrected chi connectivity index (χ0v) is 6.11. The Morgan fingerprint density at radius 3 is 2.10 bits per heavy atom. The van der Waals surface area contributed by atoms with Crippen molar-refractivity contribution in [2.24, 2.45) is 0 Å². The number of hydrogen-bond acceptors (Lipinski definition) is 1. The minimum Gasteiger partial charge on any atom is -0.245 e. The van der Waals surface area contributed by atoms with Gasteiger partial charge in [0, 0.05) is 20.0 Å². The lowest BCUT2D eigenvalue weighted by molar-refractivity contribution is -0.133. The molecule has 1 nitrogen and oxygen atoms in total. The molecule has 0 amide bonds. The molecule has 0 aromatic heterocycles. The number of hydrogen-bond donors (Lipinski definition) is 0. The van der Waals surface area contributed by atoms with Crippen molar-refractivity contribution < 1.29 is 8.78 Å². The van der Waals surface area contributed by atoms with E-state index in [1.54, 1.807) is 0 Å². The fourth-order valence-electron chi connectivity index (χ4n) is 1.14. The molecule has 1 saturated heterocycles. The summed E-state index contributed by atoms with van der Waals surface area (Å²) >= 11 is 0. The first-order chi connectivity index (χ1) is 4.61. The number of piperidine rings is 1. The summed E-state index contributed by atoms with van der Waals surface area (Å²) in [5.74, 6) is 0. The van der Waals surface area contributed by atoms with Crippen LogP contribution in [0.5, 0.6) is 0 Å². The first kappa shape index (κ1) is 7.92. The normalized spacial score (nSPS) is 23.1. The van der Waals surface area contributed by atoms with Crippen LogP contribution in [0.15, 0.2) is 0 Å². The summed E-state index contributed by atoms with van der Waals surface area (Å²) < 4.78 is 25.0. The number of halogens is 2. The molecule has 1 aliphatic heterocycles. The SMILES string of the molecule is CC(F)(F)N1CC[CH]CC1. The Kier molecular flexibility index (Phi) is 2.24. The average molecular weight is 148 g/mol. The summed E-state index contributed by atoms with van der Waals surface area (Å²) in [4.78, 5) is 1.22. The van der Waals surface area contributed by atoms with Crippen LogP contribution >= 0.6 is 0 Å². The van der Waals surface area contributed by atoms with Crippen LogP contribution in [-0.4, -0.2) is 24.0 Å². The number of alkyl halides is 2. The van der Waals surface area contributed by atoms with Crippen molar-refractivity contribution in [1.82, 2.24) is 4.90 Å². The molecule has 10 heavy (non-hydrogen) atoms. The average Bonchev–Trinajstić information content (AvgIpc) is 1.88. The van der Waals surface area contributed by atoms with Gasteiger partial charge in [-0.1, -0.05) is 0 Å². The van der Waals surface area contributed by atoms with E-state index in [1.165, 1.54) is 4.90 Å². The largest absolute Gasteiger partial charge is 0.302 e. The van der Waals surface area contributed by atoms with Gasteiger partial charge >= 0.3 is 6.05 Å². The standard InChI is InChI=1S/C7H12F2N/c1-7(8,9)10-5-3-2-4-6-10/h2H,3-6H2,1H3. The van der Waals surface area contributed by atoms with Crippen molar-refractivity contribution in [3.05, 3.63) is 6.42 Å². The molecule has 0 unspecified atom stereocenters. The lowest BCUT2D eigenvalue weighted by Gasteiger charge is -2.31. The van der Waals surface area contributed by atoms with Crippen LogP contribution < -0.4 is 0 Å². The van der Waals surface area contributed by atoms with E-state index < -0.39 is 6.05 Å². The summed E-state index contributed by atoms with van der Waals surface area (Å²) in [5, 5.41) is 0. The highest BCUT2D eigenvalue weighted by molar-refractivity contribution is 4.78. The second-order valence-corrected chi connectivity index (χ2v) is 2.70. The van der Waals surface area contributed by atoms with Gasteiger partial charge in [-0.2, -0.15) is 8.78 Å². The molecular weight excluding hydrogens is 136 g/mol. The van der Waals surface area contributed by atoms with Gasteiger partial charge in [0.05, 0.1) is 0 Å². The van der Waals surface area contributed by atoms with Crippen LogP contribution in [0.25, 0.3) is 0 Å². The van der Waals surface area contributed by atoms with Crippen molar-refractivity contribution in [2.75, 3.05) is 13.1 Å². The third-order valence-electron chi connectivity index (χ3n) is 1.76. The molecule has 1 radical (unpaired) electrons. The van der Waals surface area contributed by atoms with Crippen LogP contribution in [0.1, 0.15) is 19.8 Å². The highest BCUT2D eigenvalue weighted by Crippen LogP contribution is 2.22. The number of rotatable bonds is 1. The van der Waals surface area contributed by atoms with E-state index in [1.807, 2.05) is 0 Å². The molecule has 0 atom stereocenters. The fraction of sp³-hybridized carbons (Fsp3) is 0.857. The molecule has 1 heterocycles. The van der Waals surface area contributed by atoms with Crippen LogP contribution in [0.4, 0.5) is 8.78 Å². The van der Waals surface area contributed by atoms with E-state index in [2.05, 4.69) is 6.42 Å². The Balaban J connectivity index is 2.39. The van der Waals surface area contributed by atoms with Crippen LogP contribution in [0, 0.1) is 6.42 Å². The fourth-order valence-corrected chi connectivity index (χ4v) is 1.14. The van der Waals surface area contributed by atoms with E-state index in [0.29, 0.717) is 13.1 Å². The van der Waals surface area contributed by atoms with Gasteiger partial charge in [0.25, 0.3) is 0 Å². The van der Waals surface area contributed by atoms with Crippen molar-refractivity contribution in [3.8, 4) is 0 Å². The maximum Gasteiger partial charge on any atom is 0.302 e. The molecule has 0 N–H and O–H groups in total. The summed E-state index contributed by atoms with van der Waals surface area (Å²) in [6, 6.07) is -2.62. The van der Waals surface area contributed by atoms with E-state index in [-0.39, 0.29) is 0 Å². The molecule has 1 fully saturated rings. The number of likely N-dealkylation sites (tertiary alicyclic amines) is 1. The van der Waals surface area contributed by atoms with Crippen LogP contribution in [0.3, 0.4) is 0 Å². The summed E-state index contributed by atoms with van der Waals surface area (Å²) in [6.45, 7) is 1.96. The van der Waals surface area contributed by atoms with Gasteiger partial charge in [-0.15, -0.1) is 0 Å². The lowest BCUT2D eigenvalue weighted by atomic mass is 10.1. The molecule has 0 saturated carbocycles. The molecular formula is C7H12F2N. The predicted molar refractivity (Wildman–Crippen MR) is 35.7 cm³/mol. The zero-order chi connectivity index (χ0) is 7.61. The highest BCUT2D eigenvalue weighted by Gasteiger charge is 2.31. The van der Waals surface area contributed by atoms with Gasteiger partial charge in [0.2, 0.25) is 0 Å². The molecule has 0 aliphatic carbocycles. The van der Waals surface area contributed by atoms with E-state index >= 15 is 0 Å². The van der Waals surface area contributed by atoms with Gasteiger partial charge in [-0.25, -0.2) is 4.90 Å². The van der Waals surface area contributed by atoms with Crippen molar-refractivity contribution in [3.63, 3.8) is 0 Å². The van der Waals surface area contributed by atoms with Crippen molar-refractivity contribution >= 4 is 0 Å². The molecule has 0 aromatic carbocycles. The van der Waals surface area contributed by atoms with Crippen molar-refractivity contribution in [2.45, 2.75) is 25.8 Å². The lowest BCUT2D eigenvalue weighted by Crippen LogP contribution is -2.42. The minimum atomic E-state index is -2.62. The topological polar surface area (TPSA) is 3.24 Å². The quantitative estimate of drug-likeness (QED) is 0.513. The van der Waals surface area contributed by atoms with E-state index in [0.717, 1.165) is 19.8 Å². The molecule has 1 rings (SSSR count). The molecule has 0 bridgehead atoms. The summed E-state index contributed by atoms with van der Waals surface area (Å²) in [5.41, 5.74) is 0. The van der Waals surface area contributed by atoms with Gasteiger partial charge < -0.3 is 0 Å². The van der Waals surface area contributed by atoms with Crippen LogP contribution in [0.2, 0.25) is 0 Å². The smallest absolute Gasteiger partial charge is 0.245 e. The van der Waals surface area contributed by atoms with Gasteiger partial charge in [-0.3, -0.25) is 0 Å². The maximum atomic E-state index is 12.5. The van der Waals surface area contributed by atoms with Crippen molar-refractivity contribution in [1.29, 1.82) is 0 Å². The highest BCUT2D eigenvalue weighted by atomic mass is 19.3.